The SMILES string of the molecule is COC(=O)CCCc1nc(-c2ccc(O)c(O)c2)cs1. The van der Waals surface area contributed by atoms with Gasteiger partial charge in [0.2, 0.25) is 0 Å². The fourth-order valence-electron chi connectivity index (χ4n) is 1.73. The molecule has 1 heterocycles. The van der Waals surface area contributed by atoms with Crippen molar-refractivity contribution < 1.29 is 19.7 Å². The van der Waals surface area contributed by atoms with Crippen LogP contribution in [0.15, 0.2) is 23.6 Å². The lowest BCUT2D eigenvalue weighted by Gasteiger charge is -2.00. The first kappa shape index (κ1) is 14.3. The third-order valence-electron chi connectivity index (χ3n) is 2.82. The smallest absolute Gasteiger partial charge is 0.305 e. The molecule has 1 aromatic carbocycles. The van der Waals surface area contributed by atoms with Gasteiger partial charge in [0.25, 0.3) is 0 Å². The Kier molecular flexibility index (Phi) is 4.57. The highest BCUT2D eigenvalue weighted by Gasteiger charge is 2.08. The number of ether oxygens (including phenoxy) is 1. The summed E-state index contributed by atoms with van der Waals surface area (Å²) in [5.74, 6) is -0.532. The molecule has 0 saturated carbocycles. The number of esters is 1. The van der Waals surface area contributed by atoms with E-state index in [1.807, 2.05) is 5.38 Å². The number of nitrogens with zero attached hydrogens (tertiary/aromatic N) is 1. The minimum Gasteiger partial charge on any atom is -0.504 e. The summed E-state index contributed by atoms with van der Waals surface area (Å²) >= 11 is 1.51. The van der Waals surface area contributed by atoms with E-state index in [0.29, 0.717) is 19.3 Å². The van der Waals surface area contributed by atoms with Gasteiger partial charge >= 0.3 is 5.97 Å². The van der Waals surface area contributed by atoms with Gasteiger partial charge in [0.1, 0.15) is 0 Å². The number of aromatic hydroxyl groups is 2. The quantitative estimate of drug-likeness (QED) is 0.654. The molecule has 2 rings (SSSR count). The van der Waals surface area contributed by atoms with E-state index >= 15 is 0 Å². The Hall–Kier alpha value is -2.08. The molecule has 20 heavy (non-hydrogen) atoms. The van der Waals surface area contributed by atoms with E-state index in [9.17, 15) is 15.0 Å². The third-order valence-corrected chi connectivity index (χ3v) is 3.73. The lowest BCUT2D eigenvalue weighted by Crippen LogP contribution is -2.00. The van der Waals surface area contributed by atoms with E-state index in [1.54, 1.807) is 6.07 Å². The number of phenols is 2. The number of benzene rings is 1. The fourth-order valence-corrected chi connectivity index (χ4v) is 2.58. The Morgan fingerprint density at radius 3 is 2.85 bits per heavy atom. The molecule has 0 atom stereocenters. The van der Waals surface area contributed by atoms with Crippen molar-refractivity contribution in [3.8, 4) is 22.8 Å². The minimum absolute atomic E-state index is 0.151. The van der Waals surface area contributed by atoms with Crippen LogP contribution in [-0.2, 0) is 16.0 Å². The standard InChI is InChI=1S/C14H15NO4S/c1-19-14(18)4-2-3-13-15-10(8-20-13)9-5-6-11(16)12(17)7-9/h5-8,16-17H,2-4H2,1H3. The molecule has 6 heteroatoms. The zero-order valence-corrected chi connectivity index (χ0v) is 11.8. The van der Waals surface area contributed by atoms with Crippen molar-refractivity contribution in [3.63, 3.8) is 0 Å². The minimum atomic E-state index is -0.217. The number of aryl methyl sites for hydroxylation is 1. The lowest BCUT2D eigenvalue weighted by molar-refractivity contribution is -0.140. The largest absolute Gasteiger partial charge is 0.504 e. The molecule has 0 aliphatic carbocycles. The number of hydrogen-bond donors (Lipinski definition) is 2. The van der Waals surface area contributed by atoms with E-state index in [-0.39, 0.29) is 17.5 Å². The number of thiazole rings is 1. The van der Waals surface area contributed by atoms with Crippen LogP contribution in [0.25, 0.3) is 11.3 Å². The van der Waals surface area contributed by atoms with Gasteiger partial charge in [-0.2, -0.15) is 0 Å². The van der Waals surface area contributed by atoms with Gasteiger partial charge in [-0.1, -0.05) is 0 Å². The van der Waals surface area contributed by atoms with Crippen molar-refractivity contribution in [3.05, 3.63) is 28.6 Å². The molecule has 0 amide bonds. The predicted molar refractivity (Wildman–Crippen MR) is 75.8 cm³/mol. The second kappa shape index (κ2) is 6.38. The molecule has 0 aliphatic rings. The van der Waals surface area contributed by atoms with Crippen LogP contribution in [0.3, 0.4) is 0 Å². The van der Waals surface area contributed by atoms with Crippen molar-refractivity contribution in [2.75, 3.05) is 7.11 Å². The predicted octanol–water partition coefficient (Wildman–Crippen LogP) is 2.72. The summed E-state index contributed by atoms with van der Waals surface area (Å²) in [4.78, 5) is 15.5. The summed E-state index contributed by atoms with van der Waals surface area (Å²) in [6, 6.07) is 4.60. The van der Waals surface area contributed by atoms with E-state index in [4.69, 9.17) is 0 Å². The summed E-state index contributed by atoms with van der Waals surface area (Å²) in [6.45, 7) is 0. The number of methoxy groups -OCH3 is 1. The second-order valence-corrected chi connectivity index (χ2v) is 5.20. The van der Waals surface area contributed by atoms with Crippen LogP contribution in [0.5, 0.6) is 11.5 Å². The van der Waals surface area contributed by atoms with Gasteiger partial charge in [-0.15, -0.1) is 11.3 Å². The molecule has 0 bridgehead atoms. The Bertz CT molecular complexity index is 609. The molecule has 1 aromatic heterocycles. The van der Waals surface area contributed by atoms with Gasteiger partial charge in [0, 0.05) is 17.4 Å². The van der Waals surface area contributed by atoms with Crippen LogP contribution in [-0.4, -0.2) is 28.3 Å². The second-order valence-electron chi connectivity index (χ2n) is 4.26. The van der Waals surface area contributed by atoms with Crippen LogP contribution < -0.4 is 0 Å². The van der Waals surface area contributed by atoms with Crippen LogP contribution in [0.4, 0.5) is 0 Å². The first-order valence-electron chi connectivity index (χ1n) is 6.13. The number of rotatable bonds is 5. The average molecular weight is 293 g/mol. The van der Waals surface area contributed by atoms with Gasteiger partial charge in [-0.05, 0) is 31.0 Å². The first-order valence-corrected chi connectivity index (χ1v) is 7.01. The molecule has 2 aromatic rings. The van der Waals surface area contributed by atoms with Crippen molar-refractivity contribution in [1.82, 2.24) is 4.98 Å². The molecule has 0 radical (unpaired) electrons. The topological polar surface area (TPSA) is 79.7 Å². The van der Waals surface area contributed by atoms with Crippen LogP contribution in [0.2, 0.25) is 0 Å². The lowest BCUT2D eigenvalue weighted by atomic mass is 10.1. The average Bonchev–Trinajstić information content (AvgIpc) is 2.90. The fraction of sp³-hybridized carbons (Fsp3) is 0.286. The first-order chi connectivity index (χ1) is 9.60. The van der Waals surface area contributed by atoms with Crippen molar-refractivity contribution in [2.24, 2.45) is 0 Å². The van der Waals surface area contributed by atoms with Crippen LogP contribution in [0.1, 0.15) is 17.8 Å². The number of carbonyl (C=O) groups is 1. The molecule has 5 nitrogen and oxygen atoms in total. The molecular formula is C14H15NO4S. The van der Waals surface area contributed by atoms with E-state index < -0.39 is 0 Å². The van der Waals surface area contributed by atoms with Crippen LogP contribution in [0, 0.1) is 0 Å². The number of phenolic OH excluding ortho intramolecular Hbond substituents is 2. The van der Waals surface area contributed by atoms with Crippen LogP contribution >= 0.6 is 11.3 Å². The maximum atomic E-state index is 11.0. The van der Waals surface area contributed by atoms with Gasteiger partial charge < -0.3 is 14.9 Å². The molecule has 0 spiro atoms. The van der Waals surface area contributed by atoms with Crippen molar-refractivity contribution in [2.45, 2.75) is 19.3 Å². The highest BCUT2D eigenvalue weighted by molar-refractivity contribution is 7.09. The number of carbonyl (C=O) groups excluding carboxylic acids is 1. The number of hydrogen-bond acceptors (Lipinski definition) is 6. The maximum Gasteiger partial charge on any atom is 0.305 e. The zero-order valence-electron chi connectivity index (χ0n) is 11.0. The highest BCUT2D eigenvalue weighted by Crippen LogP contribution is 2.31. The monoisotopic (exact) mass is 293 g/mol. The normalized spacial score (nSPS) is 10.4. The summed E-state index contributed by atoms with van der Waals surface area (Å²) in [5, 5.41) is 21.6. The molecule has 0 saturated heterocycles. The van der Waals surface area contributed by atoms with Gasteiger partial charge in [0.15, 0.2) is 11.5 Å². The highest BCUT2D eigenvalue weighted by atomic mass is 32.1. The maximum absolute atomic E-state index is 11.0. The van der Waals surface area contributed by atoms with Crippen molar-refractivity contribution >= 4 is 17.3 Å². The Labute approximate surface area is 120 Å². The van der Waals surface area contributed by atoms with Gasteiger partial charge in [-0.25, -0.2) is 4.98 Å². The van der Waals surface area contributed by atoms with Gasteiger partial charge in [0.05, 0.1) is 17.8 Å². The summed E-state index contributed by atoms with van der Waals surface area (Å²) in [5.41, 5.74) is 1.49. The summed E-state index contributed by atoms with van der Waals surface area (Å²) in [6.07, 6.45) is 1.79. The summed E-state index contributed by atoms with van der Waals surface area (Å²) in [7, 11) is 1.38. The molecular weight excluding hydrogens is 278 g/mol. The molecule has 0 aliphatic heterocycles. The van der Waals surface area contributed by atoms with E-state index in [0.717, 1.165) is 16.3 Å². The third kappa shape index (κ3) is 3.48. The molecule has 0 unspecified atom stereocenters. The van der Waals surface area contributed by atoms with Gasteiger partial charge in [-0.3, -0.25) is 4.79 Å². The van der Waals surface area contributed by atoms with E-state index in [1.165, 1.54) is 30.6 Å². The zero-order chi connectivity index (χ0) is 14.5. The molecule has 106 valence electrons. The Morgan fingerprint density at radius 2 is 2.15 bits per heavy atom. The van der Waals surface area contributed by atoms with E-state index in [2.05, 4.69) is 9.72 Å². The van der Waals surface area contributed by atoms with Crippen molar-refractivity contribution in [1.29, 1.82) is 0 Å². The number of aromatic nitrogens is 1. The molecule has 0 fully saturated rings. The molecule has 2 N–H and O–H groups in total. The summed E-state index contributed by atoms with van der Waals surface area (Å²) < 4.78 is 4.58. The Balaban J connectivity index is 2.01. The Morgan fingerprint density at radius 1 is 1.35 bits per heavy atom.